The van der Waals surface area contributed by atoms with Gasteiger partial charge in [-0.15, -0.1) is 0 Å². The Morgan fingerprint density at radius 1 is 1.14 bits per heavy atom. The van der Waals surface area contributed by atoms with Crippen LogP contribution in [-0.4, -0.2) is 12.5 Å². The van der Waals surface area contributed by atoms with Gasteiger partial charge in [-0.2, -0.15) is 5.26 Å². The topological polar surface area (TPSA) is 64.9 Å². The van der Waals surface area contributed by atoms with Crippen LogP contribution in [0.4, 0.5) is 11.4 Å². The fourth-order valence-corrected chi connectivity index (χ4v) is 2.00. The number of nitriles is 1. The molecule has 0 aliphatic heterocycles. The van der Waals surface area contributed by atoms with Crippen molar-refractivity contribution in [2.45, 2.75) is 6.42 Å². The summed E-state index contributed by atoms with van der Waals surface area (Å²) >= 11 is 5.85. The van der Waals surface area contributed by atoms with Crippen molar-refractivity contribution >= 4 is 28.9 Å². The molecule has 0 radical (unpaired) electrons. The van der Waals surface area contributed by atoms with E-state index >= 15 is 0 Å². The molecule has 0 aliphatic rings. The van der Waals surface area contributed by atoms with E-state index in [1.54, 1.807) is 42.5 Å². The van der Waals surface area contributed by atoms with Crippen molar-refractivity contribution in [3.63, 3.8) is 0 Å². The summed E-state index contributed by atoms with van der Waals surface area (Å²) in [7, 11) is 0. The van der Waals surface area contributed by atoms with Crippen LogP contribution in [-0.2, 0) is 4.79 Å². The maximum Gasteiger partial charge on any atom is 0.226 e. The van der Waals surface area contributed by atoms with Gasteiger partial charge in [0.2, 0.25) is 5.91 Å². The van der Waals surface area contributed by atoms with Crippen molar-refractivity contribution < 1.29 is 4.79 Å². The number of amides is 1. The molecule has 5 heteroatoms. The van der Waals surface area contributed by atoms with Crippen molar-refractivity contribution in [3.05, 3.63) is 59.1 Å². The average Bonchev–Trinajstić information content (AvgIpc) is 2.47. The first-order chi connectivity index (χ1) is 10.2. The minimum atomic E-state index is -0.0961. The van der Waals surface area contributed by atoms with E-state index in [4.69, 9.17) is 16.9 Å². The smallest absolute Gasteiger partial charge is 0.226 e. The predicted molar refractivity (Wildman–Crippen MR) is 84.3 cm³/mol. The Balaban J connectivity index is 1.80. The van der Waals surface area contributed by atoms with E-state index < -0.39 is 0 Å². The number of hydrogen-bond donors (Lipinski definition) is 2. The van der Waals surface area contributed by atoms with Crippen molar-refractivity contribution in [2.24, 2.45) is 0 Å². The fraction of sp³-hybridized carbons (Fsp3) is 0.125. The molecular weight excluding hydrogens is 286 g/mol. The third kappa shape index (κ3) is 4.83. The third-order valence-corrected chi connectivity index (χ3v) is 3.02. The number of nitrogens with zero attached hydrogens (tertiary/aromatic N) is 1. The SMILES string of the molecule is N#Cc1cccc(NCCC(=O)Nc2cccc(Cl)c2)c1. The molecule has 1 amide bonds. The van der Waals surface area contributed by atoms with E-state index in [0.29, 0.717) is 29.2 Å². The van der Waals surface area contributed by atoms with Gasteiger partial charge >= 0.3 is 0 Å². The van der Waals surface area contributed by atoms with E-state index in [9.17, 15) is 4.79 Å². The highest BCUT2D eigenvalue weighted by atomic mass is 35.5. The van der Waals surface area contributed by atoms with Crippen molar-refractivity contribution in [1.29, 1.82) is 5.26 Å². The lowest BCUT2D eigenvalue weighted by atomic mass is 10.2. The molecule has 0 saturated heterocycles. The Morgan fingerprint density at radius 2 is 1.90 bits per heavy atom. The molecule has 2 aromatic carbocycles. The third-order valence-electron chi connectivity index (χ3n) is 2.78. The monoisotopic (exact) mass is 299 g/mol. The number of carbonyl (C=O) groups excluding carboxylic acids is 1. The summed E-state index contributed by atoms with van der Waals surface area (Å²) < 4.78 is 0. The Labute approximate surface area is 128 Å². The molecule has 0 aromatic heterocycles. The Hall–Kier alpha value is -2.51. The van der Waals surface area contributed by atoms with Crippen LogP contribution in [0, 0.1) is 11.3 Å². The van der Waals surface area contributed by atoms with Crippen LogP contribution >= 0.6 is 11.6 Å². The Bertz CT molecular complexity index is 679. The van der Waals surface area contributed by atoms with Gasteiger partial charge in [0.1, 0.15) is 0 Å². The normalized spacial score (nSPS) is 9.71. The summed E-state index contributed by atoms with van der Waals surface area (Å²) in [4.78, 5) is 11.8. The first-order valence-electron chi connectivity index (χ1n) is 6.47. The van der Waals surface area contributed by atoms with Crippen LogP contribution in [0.15, 0.2) is 48.5 Å². The molecule has 0 aliphatic carbocycles. The number of carbonyl (C=O) groups is 1. The molecule has 0 fully saturated rings. The van der Waals surface area contributed by atoms with E-state index in [1.165, 1.54) is 0 Å². The molecule has 0 spiro atoms. The minimum Gasteiger partial charge on any atom is -0.384 e. The van der Waals surface area contributed by atoms with Gasteiger partial charge < -0.3 is 10.6 Å². The maximum absolute atomic E-state index is 11.8. The largest absolute Gasteiger partial charge is 0.384 e. The zero-order chi connectivity index (χ0) is 15.1. The molecule has 2 N–H and O–H groups in total. The van der Waals surface area contributed by atoms with Crippen LogP contribution < -0.4 is 10.6 Å². The standard InChI is InChI=1S/C16H14ClN3O/c17-13-4-2-6-15(10-13)20-16(21)7-8-19-14-5-1-3-12(9-14)11-18/h1-6,9-10,19H,7-8H2,(H,20,21). The summed E-state index contributed by atoms with van der Waals surface area (Å²) in [6.07, 6.45) is 0.323. The second-order valence-corrected chi connectivity index (χ2v) is 4.86. The summed E-state index contributed by atoms with van der Waals surface area (Å²) in [6, 6.07) is 16.2. The summed E-state index contributed by atoms with van der Waals surface area (Å²) in [5.41, 5.74) is 2.09. The van der Waals surface area contributed by atoms with Gasteiger partial charge in [-0.05, 0) is 36.4 Å². The van der Waals surface area contributed by atoms with Gasteiger partial charge in [-0.25, -0.2) is 0 Å². The molecule has 4 nitrogen and oxygen atoms in total. The van der Waals surface area contributed by atoms with Gasteiger partial charge in [0.15, 0.2) is 0 Å². The predicted octanol–water partition coefficient (Wildman–Crippen LogP) is 3.65. The summed E-state index contributed by atoms with van der Waals surface area (Å²) in [5, 5.41) is 15.3. The fourth-order valence-electron chi connectivity index (χ4n) is 1.81. The number of halogens is 1. The minimum absolute atomic E-state index is 0.0961. The molecule has 2 aromatic rings. The lowest BCUT2D eigenvalue weighted by Gasteiger charge is -2.08. The molecule has 0 unspecified atom stereocenters. The van der Waals surface area contributed by atoms with Crippen LogP contribution in [0.5, 0.6) is 0 Å². The zero-order valence-corrected chi connectivity index (χ0v) is 12.0. The molecule has 0 heterocycles. The van der Waals surface area contributed by atoms with Gasteiger partial charge in [0.25, 0.3) is 0 Å². The first kappa shape index (κ1) is 14.9. The molecule has 2 rings (SSSR count). The highest BCUT2D eigenvalue weighted by molar-refractivity contribution is 6.30. The van der Waals surface area contributed by atoms with Gasteiger partial charge in [0, 0.05) is 29.4 Å². The second-order valence-electron chi connectivity index (χ2n) is 4.43. The van der Waals surface area contributed by atoms with Gasteiger partial charge in [-0.3, -0.25) is 4.79 Å². The molecule has 106 valence electrons. The molecule has 0 saturated carbocycles. The van der Waals surface area contributed by atoms with Gasteiger partial charge in [-0.1, -0.05) is 23.7 Å². The van der Waals surface area contributed by atoms with Crippen LogP contribution in [0.3, 0.4) is 0 Å². The number of anilines is 2. The number of benzene rings is 2. The molecule has 0 atom stereocenters. The quantitative estimate of drug-likeness (QED) is 0.885. The summed E-state index contributed by atoms with van der Waals surface area (Å²) in [6.45, 7) is 0.487. The highest BCUT2D eigenvalue weighted by Crippen LogP contribution is 2.15. The zero-order valence-electron chi connectivity index (χ0n) is 11.3. The van der Waals surface area contributed by atoms with E-state index in [2.05, 4.69) is 16.7 Å². The highest BCUT2D eigenvalue weighted by Gasteiger charge is 2.03. The molecule has 21 heavy (non-hydrogen) atoms. The second kappa shape index (κ2) is 7.32. The number of rotatable bonds is 5. The van der Waals surface area contributed by atoms with Crippen molar-refractivity contribution in [1.82, 2.24) is 0 Å². The number of nitrogens with one attached hydrogen (secondary N) is 2. The summed E-state index contributed by atoms with van der Waals surface area (Å²) in [5.74, 6) is -0.0961. The van der Waals surface area contributed by atoms with E-state index in [1.807, 2.05) is 6.07 Å². The lowest BCUT2D eigenvalue weighted by molar-refractivity contribution is -0.115. The van der Waals surface area contributed by atoms with E-state index in [-0.39, 0.29) is 5.91 Å². The first-order valence-corrected chi connectivity index (χ1v) is 6.84. The Morgan fingerprint density at radius 3 is 2.67 bits per heavy atom. The average molecular weight is 300 g/mol. The Kier molecular flexibility index (Phi) is 5.19. The molecular formula is C16H14ClN3O. The van der Waals surface area contributed by atoms with Crippen LogP contribution in [0.1, 0.15) is 12.0 Å². The van der Waals surface area contributed by atoms with Gasteiger partial charge in [0.05, 0.1) is 11.6 Å². The number of hydrogen-bond acceptors (Lipinski definition) is 3. The van der Waals surface area contributed by atoms with Crippen molar-refractivity contribution in [3.8, 4) is 6.07 Å². The van der Waals surface area contributed by atoms with Crippen LogP contribution in [0.2, 0.25) is 5.02 Å². The molecule has 0 bridgehead atoms. The lowest BCUT2D eigenvalue weighted by Crippen LogP contribution is -2.16. The van der Waals surface area contributed by atoms with E-state index in [0.717, 1.165) is 5.69 Å². The maximum atomic E-state index is 11.8. The van der Waals surface area contributed by atoms with Crippen molar-refractivity contribution in [2.75, 3.05) is 17.2 Å². The van der Waals surface area contributed by atoms with Crippen LogP contribution in [0.25, 0.3) is 0 Å².